The van der Waals surface area contributed by atoms with Crippen molar-refractivity contribution in [1.29, 1.82) is 0 Å². The second kappa shape index (κ2) is 5.24. The fraction of sp³-hybridized carbons (Fsp3) is 0.444. The highest BCUT2D eigenvalue weighted by atomic mass is 16.5. The molecule has 2 aromatic rings. The van der Waals surface area contributed by atoms with Crippen molar-refractivity contribution in [2.24, 2.45) is 5.92 Å². The summed E-state index contributed by atoms with van der Waals surface area (Å²) in [5.41, 5.74) is 1.31. The summed E-state index contributed by atoms with van der Waals surface area (Å²) >= 11 is 0. The summed E-state index contributed by atoms with van der Waals surface area (Å²) in [4.78, 5) is 0. The van der Waals surface area contributed by atoms with E-state index in [1.165, 1.54) is 42.0 Å². The van der Waals surface area contributed by atoms with Crippen molar-refractivity contribution in [3.8, 4) is 5.75 Å². The Morgan fingerprint density at radius 1 is 1.00 bits per heavy atom. The van der Waals surface area contributed by atoms with Crippen LogP contribution in [0.15, 0.2) is 36.4 Å². The molecule has 1 aliphatic carbocycles. The van der Waals surface area contributed by atoms with E-state index in [2.05, 4.69) is 50.2 Å². The van der Waals surface area contributed by atoms with E-state index in [0.29, 0.717) is 6.10 Å². The third-order valence-electron chi connectivity index (χ3n) is 4.16. The standard InChI is InChI=1S/C18H22O/c1-13-4-3-5-17(11-13)19-18-9-8-15-10-14(2)6-7-16(15)12-18/h6-10,12-13,17H,3-5,11H2,1-2H3. The first-order valence-corrected chi connectivity index (χ1v) is 7.38. The van der Waals surface area contributed by atoms with Crippen LogP contribution in [0.1, 0.15) is 38.2 Å². The zero-order valence-corrected chi connectivity index (χ0v) is 11.9. The molecule has 0 spiro atoms. The molecule has 100 valence electrons. The topological polar surface area (TPSA) is 9.23 Å². The first-order valence-electron chi connectivity index (χ1n) is 7.38. The van der Waals surface area contributed by atoms with Gasteiger partial charge in [-0.05, 0) is 55.0 Å². The van der Waals surface area contributed by atoms with Crippen molar-refractivity contribution in [3.05, 3.63) is 42.0 Å². The molecule has 0 aliphatic heterocycles. The predicted molar refractivity (Wildman–Crippen MR) is 80.7 cm³/mol. The van der Waals surface area contributed by atoms with Crippen molar-refractivity contribution in [2.45, 2.75) is 45.6 Å². The Morgan fingerprint density at radius 2 is 1.79 bits per heavy atom. The maximum Gasteiger partial charge on any atom is 0.120 e. The Labute approximate surface area is 115 Å². The Hall–Kier alpha value is -1.50. The van der Waals surface area contributed by atoms with Crippen molar-refractivity contribution in [3.63, 3.8) is 0 Å². The molecule has 2 unspecified atom stereocenters. The number of aryl methyl sites for hydroxylation is 1. The van der Waals surface area contributed by atoms with Crippen LogP contribution in [0.25, 0.3) is 10.8 Å². The summed E-state index contributed by atoms with van der Waals surface area (Å²) in [6.45, 7) is 4.46. The average molecular weight is 254 g/mol. The van der Waals surface area contributed by atoms with Gasteiger partial charge in [0, 0.05) is 0 Å². The van der Waals surface area contributed by atoms with Gasteiger partial charge in [0.25, 0.3) is 0 Å². The SMILES string of the molecule is Cc1ccc2cc(OC3CCCC(C)C3)ccc2c1. The molecule has 1 nitrogen and oxygen atoms in total. The highest BCUT2D eigenvalue weighted by Gasteiger charge is 2.20. The number of fused-ring (bicyclic) bond motifs is 1. The number of benzene rings is 2. The van der Waals surface area contributed by atoms with Crippen LogP contribution in [-0.2, 0) is 0 Å². The van der Waals surface area contributed by atoms with Crippen LogP contribution >= 0.6 is 0 Å². The molecular weight excluding hydrogens is 232 g/mol. The number of hydrogen-bond acceptors (Lipinski definition) is 1. The lowest BCUT2D eigenvalue weighted by Crippen LogP contribution is -2.23. The molecule has 1 heteroatoms. The van der Waals surface area contributed by atoms with E-state index < -0.39 is 0 Å². The Bertz CT molecular complexity index is 573. The maximum absolute atomic E-state index is 6.16. The molecule has 1 aliphatic rings. The normalized spacial score (nSPS) is 23.5. The quantitative estimate of drug-likeness (QED) is 0.724. The van der Waals surface area contributed by atoms with Crippen LogP contribution in [0.4, 0.5) is 0 Å². The minimum atomic E-state index is 0.409. The second-order valence-electron chi connectivity index (χ2n) is 6.02. The van der Waals surface area contributed by atoms with Gasteiger partial charge in [-0.25, -0.2) is 0 Å². The van der Waals surface area contributed by atoms with Gasteiger partial charge in [0.15, 0.2) is 0 Å². The summed E-state index contributed by atoms with van der Waals surface area (Å²) in [5.74, 6) is 1.83. The Kier molecular flexibility index (Phi) is 3.46. The average Bonchev–Trinajstić information content (AvgIpc) is 2.39. The van der Waals surface area contributed by atoms with E-state index in [-0.39, 0.29) is 0 Å². The lowest BCUT2D eigenvalue weighted by molar-refractivity contribution is 0.129. The van der Waals surface area contributed by atoms with E-state index in [1.54, 1.807) is 0 Å². The van der Waals surface area contributed by atoms with Gasteiger partial charge in [0.05, 0.1) is 6.10 Å². The molecule has 0 N–H and O–H groups in total. The summed E-state index contributed by atoms with van der Waals surface area (Å²) in [6.07, 6.45) is 5.48. The van der Waals surface area contributed by atoms with Crippen LogP contribution in [-0.4, -0.2) is 6.10 Å². The summed E-state index contributed by atoms with van der Waals surface area (Å²) in [6, 6.07) is 13.0. The van der Waals surface area contributed by atoms with Gasteiger partial charge in [-0.2, -0.15) is 0 Å². The molecule has 0 heterocycles. The van der Waals surface area contributed by atoms with E-state index in [1.807, 2.05) is 0 Å². The third-order valence-corrected chi connectivity index (χ3v) is 4.16. The first kappa shape index (κ1) is 12.5. The predicted octanol–water partition coefficient (Wildman–Crippen LogP) is 5.11. The van der Waals surface area contributed by atoms with Crippen molar-refractivity contribution in [1.82, 2.24) is 0 Å². The molecule has 2 atom stereocenters. The lowest BCUT2D eigenvalue weighted by Gasteiger charge is -2.27. The summed E-state index contributed by atoms with van der Waals surface area (Å²) < 4.78 is 6.16. The molecule has 0 radical (unpaired) electrons. The fourth-order valence-corrected chi connectivity index (χ4v) is 3.09. The zero-order chi connectivity index (χ0) is 13.2. The number of rotatable bonds is 2. The highest BCUT2D eigenvalue weighted by molar-refractivity contribution is 5.84. The molecular formula is C18H22O. The largest absolute Gasteiger partial charge is 0.490 e. The zero-order valence-electron chi connectivity index (χ0n) is 11.9. The van der Waals surface area contributed by atoms with E-state index in [4.69, 9.17) is 4.74 Å². The van der Waals surface area contributed by atoms with E-state index in [0.717, 1.165) is 11.7 Å². The monoisotopic (exact) mass is 254 g/mol. The molecule has 0 bridgehead atoms. The van der Waals surface area contributed by atoms with Crippen molar-refractivity contribution >= 4 is 10.8 Å². The minimum Gasteiger partial charge on any atom is -0.490 e. The summed E-state index contributed by atoms with van der Waals surface area (Å²) in [7, 11) is 0. The van der Waals surface area contributed by atoms with Gasteiger partial charge in [0.1, 0.15) is 5.75 Å². The molecule has 0 amide bonds. The van der Waals surface area contributed by atoms with Gasteiger partial charge in [-0.1, -0.05) is 43.2 Å². The van der Waals surface area contributed by atoms with Gasteiger partial charge < -0.3 is 4.74 Å². The molecule has 0 saturated heterocycles. The lowest BCUT2D eigenvalue weighted by atomic mass is 9.89. The second-order valence-corrected chi connectivity index (χ2v) is 6.02. The summed E-state index contributed by atoms with van der Waals surface area (Å²) in [5, 5.41) is 2.57. The van der Waals surface area contributed by atoms with Crippen LogP contribution in [0.5, 0.6) is 5.75 Å². The molecule has 3 rings (SSSR count). The molecule has 0 aromatic heterocycles. The number of hydrogen-bond donors (Lipinski definition) is 0. The molecule has 19 heavy (non-hydrogen) atoms. The van der Waals surface area contributed by atoms with Gasteiger partial charge in [-0.15, -0.1) is 0 Å². The highest BCUT2D eigenvalue weighted by Crippen LogP contribution is 2.29. The smallest absolute Gasteiger partial charge is 0.120 e. The number of ether oxygens (including phenoxy) is 1. The van der Waals surface area contributed by atoms with Gasteiger partial charge in [-0.3, -0.25) is 0 Å². The Balaban J connectivity index is 1.79. The van der Waals surface area contributed by atoms with Crippen LogP contribution < -0.4 is 4.74 Å². The fourth-order valence-electron chi connectivity index (χ4n) is 3.09. The third kappa shape index (κ3) is 2.91. The molecule has 1 fully saturated rings. The van der Waals surface area contributed by atoms with Crippen molar-refractivity contribution in [2.75, 3.05) is 0 Å². The van der Waals surface area contributed by atoms with E-state index in [9.17, 15) is 0 Å². The van der Waals surface area contributed by atoms with Gasteiger partial charge in [0.2, 0.25) is 0 Å². The van der Waals surface area contributed by atoms with Crippen LogP contribution in [0.2, 0.25) is 0 Å². The van der Waals surface area contributed by atoms with Crippen LogP contribution in [0.3, 0.4) is 0 Å². The van der Waals surface area contributed by atoms with Crippen molar-refractivity contribution < 1.29 is 4.74 Å². The van der Waals surface area contributed by atoms with Crippen LogP contribution in [0, 0.1) is 12.8 Å². The Morgan fingerprint density at radius 3 is 2.63 bits per heavy atom. The first-order chi connectivity index (χ1) is 9.20. The maximum atomic E-state index is 6.16. The molecule has 2 aromatic carbocycles. The minimum absolute atomic E-state index is 0.409. The van der Waals surface area contributed by atoms with Gasteiger partial charge >= 0.3 is 0 Å². The van der Waals surface area contributed by atoms with E-state index >= 15 is 0 Å². The molecule has 1 saturated carbocycles.